The summed E-state index contributed by atoms with van der Waals surface area (Å²) in [5, 5.41) is 2.31. The molecule has 216 valence electrons. The predicted molar refractivity (Wildman–Crippen MR) is 156 cm³/mol. The molecule has 8 rings (SSSR count). The van der Waals surface area contributed by atoms with Gasteiger partial charge in [-0.15, -0.1) is 0 Å². The smallest absolute Gasteiger partial charge is 0.343 e. The van der Waals surface area contributed by atoms with Crippen LogP contribution >= 0.6 is 11.6 Å². The molecule has 0 unspecified atom stereocenters. The highest BCUT2D eigenvalue weighted by Gasteiger charge is 2.68. The number of ether oxygens (including phenoxy) is 1. The minimum Gasteiger partial charge on any atom is -0.423 e. The number of rotatable bonds is 7. The van der Waals surface area contributed by atoms with E-state index in [9.17, 15) is 24.0 Å². The van der Waals surface area contributed by atoms with Crippen LogP contribution in [0.15, 0.2) is 84.9 Å². The van der Waals surface area contributed by atoms with Gasteiger partial charge in [0, 0.05) is 16.1 Å². The molecule has 0 N–H and O–H groups in total. The maximum atomic E-state index is 13.8. The molecule has 6 atom stereocenters. The second kappa shape index (κ2) is 10.3. The summed E-state index contributed by atoms with van der Waals surface area (Å²) in [6.07, 6.45) is 5.12. The van der Waals surface area contributed by atoms with Crippen LogP contribution in [-0.2, 0) is 9.59 Å². The largest absolute Gasteiger partial charge is 0.423 e. The summed E-state index contributed by atoms with van der Waals surface area (Å²) in [4.78, 5) is 67.5. The minimum atomic E-state index is -0.653. The highest BCUT2D eigenvalue weighted by atomic mass is 35.5. The fourth-order valence-electron chi connectivity index (χ4n) is 6.95. The highest BCUT2D eigenvalue weighted by Crippen LogP contribution is 2.65. The Morgan fingerprint density at radius 3 is 1.91 bits per heavy atom. The third kappa shape index (κ3) is 4.66. The lowest BCUT2D eigenvalue weighted by Crippen LogP contribution is -2.52. The lowest BCUT2D eigenvalue weighted by Gasteiger charge is -2.37. The van der Waals surface area contributed by atoms with Gasteiger partial charge in [0.15, 0.2) is 5.78 Å². The molecule has 9 heteroatoms. The number of esters is 1. The third-order valence-electron chi connectivity index (χ3n) is 9.17. The van der Waals surface area contributed by atoms with Crippen molar-refractivity contribution in [3.05, 3.63) is 112 Å². The Labute approximate surface area is 252 Å². The van der Waals surface area contributed by atoms with Crippen molar-refractivity contribution in [2.45, 2.75) is 13.3 Å². The first-order valence-corrected chi connectivity index (χ1v) is 14.6. The van der Waals surface area contributed by atoms with Crippen LogP contribution in [0.1, 0.15) is 43.1 Å². The zero-order valence-corrected chi connectivity index (χ0v) is 23.9. The van der Waals surface area contributed by atoms with Crippen LogP contribution in [-0.4, -0.2) is 46.0 Å². The Balaban J connectivity index is 1.13. The number of hydrazine groups is 1. The molecule has 3 aromatic rings. The van der Waals surface area contributed by atoms with Gasteiger partial charge in [0.1, 0.15) is 12.3 Å². The van der Waals surface area contributed by atoms with Gasteiger partial charge >= 0.3 is 5.97 Å². The summed E-state index contributed by atoms with van der Waals surface area (Å²) in [5.41, 5.74) is 1.82. The zero-order chi connectivity index (χ0) is 30.0. The molecule has 1 aliphatic heterocycles. The van der Waals surface area contributed by atoms with E-state index in [4.69, 9.17) is 16.3 Å². The molecule has 2 bridgehead atoms. The van der Waals surface area contributed by atoms with Crippen molar-refractivity contribution in [1.82, 2.24) is 10.0 Å². The normalized spacial score (nSPS) is 26.1. The van der Waals surface area contributed by atoms with Gasteiger partial charge in [-0.1, -0.05) is 41.4 Å². The molecule has 4 aliphatic carbocycles. The Morgan fingerprint density at radius 1 is 0.791 bits per heavy atom. The van der Waals surface area contributed by atoms with E-state index >= 15 is 0 Å². The van der Waals surface area contributed by atoms with Gasteiger partial charge in [-0.2, -0.15) is 5.01 Å². The summed E-state index contributed by atoms with van der Waals surface area (Å²) in [7, 11) is 0. The second-order valence-corrected chi connectivity index (χ2v) is 12.2. The van der Waals surface area contributed by atoms with Crippen LogP contribution in [0.2, 0.25) is 5.02 Å². The summed E-state index contributed by atoms with van der Waals surface area (Å²) in [6.45, 7) is 1.39. The summed E-state index contributed by atoms with van der Waals surface area (Å²) >= 11 is 6.02. The number of nitrogens with zero attached hydrogens (tertiary/aromatic N) is 2. The number of amides is 3. The number of imide groups is 1. The Hall–Kier alpha value is -4.56. The van der Waals surface area contributed by atoms with Crippen molar-refractivity contribution in [1.29, 1.82) is 0 Å². The van der Waals surface area contributed by atoms with Gasteiger partial charge in [-0.25, -0.2) is 9.80 Å². The van der Waals surface area contributed by atoms with Crippen molar-refractivity contribution >= 4 is 41.1 Å². The quantitative estimate of drug-likeness (QED) is 0.123. The molecule has 1 heterocycles. The number of halogens is 1. The number of ketones is 1. The van der Waals surface area contributed by atoms with Crippen LogP contribution < -0.4 is 4.74 Å². The van der Waals surface area contributed by atoms with Crippen molar-refractivity contribution in [3.8, 4) is 5.75 Å². The fraction of sp³-hybridized carbons (Fsp3) is 0.265. The van der Waals surface area contributed by atoms with Crippen LogP contribution in [0.4, 0.5) is 0 Å². The first-order valence-electron chi connectivity index (χ1n) is 14.3. The SMILES string of the molecule is Cc1ccc(C(=O)Oc2ccc(C(=O)CN(C(=O)c3ccc(Cl)cc3)N3C(=O)[C@@H]4[C@H]5C=C[C@@H]([C@@H]6C[C@@H]56)[C@H]4C3=O)cc2)cc1. The number of allylic oxidation sites excluding steroid dienone is 2. The number of hydrogen-bond donors (Lipinski definition) is 0. The maximum Gasteiger partial charge on any atom is 0.343 e. The van der Waals surface area contributed by atoms with E-state index < -0.39 is 47.9 Å². The molecule has 0 spiro atoms. The number of Topliss-reactive ketones (excluding diaryl/α,β-unsaturated/α-hetero) is 1. The van der Waals surface area contributed by atoms with Crippen molar-refractivity contribution in [3.63, 3.8) is 0 Å². The average Bonchev–Trinajstić information content (AvgIpc) is 3.79. The standard InChI is InChI=1S/C34H27ClN2O6/c1-18-2-4-21(5-3-18)34(42)43-23-12-8-19(9-13-23)28(38)17-36(31(39)20-6-10-22(35)11-7-20)37-32(40)29-24-14-15-25(27-16-26(24)27)30(29)33(37)41/h2-15,24-27,29-30H,16-17H2,1H3/t24-,25-,26-,27-,29+,30+/m0/s1. The molecule has 2 saturated carbocycles. The van der Waals surface area contributed by atoms with Gasteiger partial charge in [-0.3, -0.25) is 19.2 Å². The lowest BCUT2D eigenvalue weighted by molar-refractivity contribution is -0.154. The molecular formula is C34H27ClN2O6. The van der Waals surface area contributed by atoms with Crippen molar-refractivity contribution in [2.24, 2.45) is 35.5 Å². The van der Waals surface area contributed by atoms with E-state index in [-0.39, 0.29) is 28.7 Å². The molecule has 3 amide bonds. The third-order valence-corrected chi connectivity index (χ3v) is 9.43. The fourth-order valence-corrected chi connectivity index (χ4v) is 7.07. The highest BCUT2D eigenvalue weighted by molar-refractivity contribution is 6.30. The van der Waals surface area contributed by atoms with E-state index in [0.717, 1.165) is 22.0 Å². The molecular weight excluding hydrogens is 568 g/mol. The Bertz CT molecular complexity index is 1660. The molecule has 8 nitrogen and oxygen atoms in total. The zero-order valence-electron chi connectivity index (χ0n) is 23.2. The lowest BCUT2D eigenvalue weighted by atomic mass is 9.63. The summed E-state index contributed by atoms with van der Waals surface area (Å²) in [6, 6.07) is 19.0. The maximum absolute atomic E-state index is 13.8. The van der Waals surface area contributed by atoms with Crippen LogP contribution in [0.3, 0.4) is 0 Å². The van der Waals surface area contributed by atoms with E-state index in [1.54, 1.807) is 12.1 Å². The predicted octanol–water partition coefficient (Wildman–Crippen LogP) is 5.16. The van der Waals surface area contributed by atoms with Gasteiger partial charge in [0.2, 0.25) is 0 Å². The van der Waals surface area contributed by atoms with Gasteiger partial charge in [0.05, 0.1) is 17.4 Å². The van der Waals surface area contributed by atoms with E-state index in [0.29, 0.717) is 22.4 Å². The number of hydrogen-bond acceptors (Lipinski definition) is 6. The second-order valence-electron chi connectivity index (χ2n) is 11.7. The minimum absolute atomic E-state index is 0.0280. The molecule has 3 aromatic carbocycles. The number of carbonyl (C=O) groups excluding carboxylic acids is 5. The van der Waals surface area contributed by atoms with E-state index in [2.05, 4.69) is 12.2 Å². The van der Waals surface area contributed by atoms with Crippen molar-refractivity contribution in [2.75, 3.05) is 6.54 Å². The van der Waals surface area contributed by atoms with Crippen LogP contribution in [0.5, 0.6) is 5.75 Å². The Kier molecular flexibility index (Phi) is 6.54. The van der Waals surface area contributed by atoms with Gasteiger partial charge in [-0.05, 0) is 97.7 Å². The van der Waals surface area contributed by atoms with E-state index in [1.807, 2.05) is 19.1 Å². The van der Waals surface area contributed by atoms with Gasteiger partial charge < -0.3 is 4.74 Å². The number of carbonyl (C=O) groups is 5. The Morgan fingerprint density at radius 2 is 1.33 bits per heavy atom. The monoisotopic (exact) mass is 594 g/mol. The van der Waals surface area contributed by atoms with E-state index in [1.165, 1.54) is 48.5 Å². The first kappa shape index (κ1) is 27.3. The molecule has 0 radical (unpaired) electrons. The molecule has 0 aromatic heterocycles. The topological polar surface area (TPSA) is 101 Å². The van der Waals surface area contributed by atoms with Crippen molar-refractivity contribution < 1.29 is 28.7 Å². The number of benzene rings is 3. The molecule has 5 aliphatic rings. The summed E-state index contributed by atoms with van der Waals surface area (Å²) in [5.74, 6) is -2.62. The van der Waals surface area contributed by atoms with Crippen LogP contribution in [0, 0.1) is 42.4 Å². The first-order chi connectivity index (χ1) is 20.7. The average molecular weight is 595 g/mol. The van der Waals surface area contributed by atoms with Gasteiger partial charge in [0.25, 0.3) is 17.7 Å². The summed E-state index contributed by atoms with van der Waals surface area (Å²) < 4.78 is 5.43. The van der Waals surface area contributed by atoms with Crippen LogP contribution in [0.25, 0.3) is 0 Å². The number of aryl methyl sites for hydroxylation is 1. The molecule has 1 saturated heterocycles. The molecule has 3 fully saturated rings. The molecule has 43 heavy (non-hydrogen) atoms.